The molecule has 0 fully saturated rings. The summed E-state index contributed by atoms with van der Waals surface area (Å²) in [5, 5.41) is 0. The lowest BCUT2D eigenvalue weighted by Crippen LogP contribution is -2.38. The summed E-state index contributed by atoms with van der Waals surface area (Å²) in [7, 11) is -1.97. The summed E-state index contributed by atoms with van der Waals surface area (Å²) in [6.45, 7) is 2.12. The number of methoxy groups -OCH3 is 1. The quantitative estimate of drug-likeness (QED) is 0.807. The van der Waals surface area contributed by atoms with Crippen molar-refractivity contribution in [2.45, 2.75) is 17.2 Å². The van der Waals surface area contributed by atoms with Gasteiger partial charge in [-0.25, -0.2) is 13.1 Å². The smallest absolute Gasteiger partial charge is 0.250 e. The molecule has 16 heavy (non-hydrogen) atoms. The van der Waals surface area contributed by atoms with Crippen LogP contribution >= 0.6 is 22.9 Å². The largest absolute Gasteiger partial charge is 0.383 e. The average molecular weight is 284 g/mol. The lowest BCUT2D eigenvalue weighted by Gasteiger charge is -2.14. The third-order valence-electron chi connectivity index (χ3n) is 1.86. The highest BCUT2D eigenvalue weighted by molar-refractivity contribution is 7.91. The van der Waals surface area contributed by atoms with Gasteiger partial charge in [-0.3, -0.25) is 0 Å². The van der Waals surface area contributed by atoms with Gasteiger partial charge in [0, 0.05) is 17.9 Å². The highest BCUT2D eigenvalue weighted by Gasteiger charge is 2.20. The zero-order valence-corrected chi connectivity index (χ0v) is 11.5. The normalized spacial score (nSPS) is 13.9. The van der Waals surface area contributed by atoms with Crippen molar-refractivity contribution in [3.8, 4) is 0 Å². The molecule has 1 rings (SSSR count). The number of aryl methyl sites for hydroxylation is 1. The monoisotopic (exact) mass is 283 g/mol. The molecule has 0 bridgehead atoms. The van der Waals surface area contributed by atoms with Crippen LogP contribution in [0.15, 0.2) is 16.3 Å². The molecule has 0 saturated heterocycles. The molecule has 1 N–H and O–H groups in total. The number of halogens is 1. The zero-order chi connectivity index (χ0) is 12.2. The van der Waals surface area contributed by atoms with Gasteiger partial charge in [-0.05, 0) is 19.1 Å². The second-order valence-corrected chi connectivity index (χ2v) is 6.83. The fraction of sp³-hybridized carbons (Fsp3) is 0.556. The van der Waals surface area contributed by atoms with E-state index in [2.05, 4.69) is 4.72 Å². The van der Waals surface area contributed by atoms with Crippen LogP contribution in [0.3, 0.4) is 0 Å². The molecule has 0 saturated carbocycles. The SMILES string of the molecule is COCC(CCl)NS(=O)(=O)c1ccc(C)s1. The predicted octanol–water partition coefficient (Wildman–Crippen LogP) is 1.59. The van der Waals surface area contributed by atoms with Crippen LogP contribution in [0.5, 0.6) is 0 Å². The maximum Gasteiger partial charge on any atom is 0.250 e. The first-order valence-corrected chi connectivity index (χ1v) is 7.46. The van der Waals surface area contributed by atoms with Crippen molar-refractivity contribution in [1.82, 2.24) is 4.72 Å². The minimum absolute atomic E-state index is 0.178. The minimum Gasteiger partial charge on any atom is -0.383 e. The Hall–Kier alpha value is -0.140. The van der Waals surface area contributed by atoms with Crippen molar-refractivity contribution in [2.75, 3.05) is 19.6 Å². The van der Waals surface area contributed by atoms with Crippen molar-refractivity contribution >= 4 is 33.0 Å². The van der Waals surface area contributed by atoms with E-state index in [1.54, 1.807) is 12.1 Å². The first kappa shape index (κ1) is 13.9. The fourth-order valence-corrected chi connectivity index (χ4v) is 3.92. The minimum atomic E-state index is -3.47. The first-order valence-electron chi connectivity index (χ1n) is 4.63. The molecule has 7 heteroatoms. The van der Waals surface area contributed by atoms with Gasteiger partial charge in [-0.15, -0.1) is 22.9 Å². The maximum absolute atomic E-state index is 11.9. The fourth-order valence-electron chi connectivity index (χ4n) is 1.15. The Labute approximate surface area is 105 Å². The van der Waals surface area contributed by atoms with Gasteiger partial charge < -0.3 is 4.74 Å². The molecule has 1 aromatic heterocycles. The molecule has 4 nitrogen and oxygen atoms in total. The number of thiophene rings is 1. The van der Waals surface area contributed by atoms with E-state index in [1.807, 2.05) is 6.92 Å². The topological polar surface area (TPSA) is 55.4 Å². The number of rotatable bonds is 6. The molecule has 1 atom stereocenters. The number of hydrogen-bond acceptors (Lipinski definition) is 4. The van der Waals surface area contributed by atoms with E-state index in [4.69, 9.17) is 16.3 Å². The molecule has 0 amide bonds. The van der Waals surface area contributed by atoms with Crippen LogP contribution in [-0.2, 0) is 14.8 Å². The summed E-state index contributed by atoms with van der Waals surface area (Å²) < 4.78 is 31.4. The van der Waals surface area contributed by atoms with Gasteiger partial charge >= 0.3 is 0 Å². The lowest BCUT2D eigenvalue weighted by atomic mass is 10.4. The predicted molar refractivity (Wildman–Crippen MR) is 65.8 cm³/mol. The van der Waals surface area contributed by atoms with Crippen molar-refractivity contribution in [3.63, 3.8) is 0 Å². The second-order valence-electron chi connectivity index (χ2n) is 3.29. The third-order valence-corrected chi connectivity index (χ3v) is 5.24. The summed E-state index contributed by atoms with van der Waals surface area (Å²) in [6.07, 6.45) is 0. The van der Waals surface area contributed by atoms with Crippen LogP contribution < -0.4 is 4.72 Å². The number of nitrogens with one attached hydrogen (secondary N) is 1. The van der Waals surface area contributed by atoms with Crippen molar-refractivity contribution in [3.05, 3.63) is 17.0 Å². The van der Waals surface area contributed by atoms with Crippen LogP contribution in [0.2, 0.25) is 0 Å². The number of sulfonamides is 1. The standard InChI is InChI=1S/C9H14ClNO3S2/c1-7-3-4-9(15-7)16(12,13)11-8(5-10)6-14-2/h3-4,8,11H,5-6H2,1-2H3. The molecule has 0 radical (unpaired) electrons. The van der Waals surface area contributed by atoms with Crippen LogP contribution in [0, 0.1) is 6.92 Å². The highest BCUT2D eigenvalue weighted by atomic mass is 35.5. The maximum atomic E-state index is 11.9. The Morgan fingerprint density at radius 3 is 2.69 bits per heavy atom. The van der Waals surface area contributed by atoms with E-state index in [-0.39, 0.29) is 12.5 Å². The molecule has 92 valence electrons. The Bertz CT molecular complexity index is 430. The molecular formula is C9H14ClNO3S2. The van der Waals surface area contributed by atoms with E-state index in [9.17, 15) is 8.42 Å². The van der Waals surface area contributed by atoms with Crippen molar-refractivity contribution in [1.29, 1.82) is 0 Å². The molecule has 0 aliphatic carbocycles. The Kier molecular flexibility index (Phi) is 5.20. The number of hydrogen-bond donors (Lipinski definition) is 1. The molecule has 0 aliphatic heterocycles. The molecular weight excluding hydrogens is 270 g/mol. The first-order chi connectivity index (χ1) is 7.49. The molecule has 0 aliphatic rings. The second kappa shape index (κ2) is 5.97. The van der Waals surface area contributed by atoms with Crippen LogP contribution in [0.4, 0.5) is 0 Å². The van der Waals surface area contributed by atoms with Gasteiger partial charge in [0.15, 0.2) is 0 Å². The van der Waals surface area contributed by atoms with Gasteiger partial charge in [-0.1, -0.05) is 0 Å². The molecule has 0 aromatic carbocycles. The van der Waals surface area contributed by atoms with Gasteiger partial charge in [0.25, 0.3) is 0 Å². The highest BCUT2D eigenvalue weighted by Crippen LogP contribution is 2.20. The molecule has 0 spiro atoms. The molecule has 1 aromatic rings. The van der Waals surface area contributed by atoms with E-state index in [0.29, 0.717) is 4.21 Å². The van der Waals surface area contributed by atoms with Crippen LogP contribution in [0.1, 0.15) is 4.88 Å². The summed E-state index contributed by atoms with van der Waals surface area (Å²) >= 11 is 6.87. The summed E-state index contributed by atoms with van der Waals surface area (Å²) in [5.41, 5.74) is 0. The summed E-state index contributed by atoms with van der Waals surface area (Å²) in [4.78, 5) is 0.953. The van der Waals surface area contributed by atoms with Crippen LogP contribution in [0.25, 0.3) is 0 Å². The van der Waals surface area contributed by atoms with Gasteiger partial charge in [0.05, 0.1) is 12.6 Å². The average Bonchev–Trinajstić information content (AvgIpc) is 2.64. The molecule has 1 heterocycles. The van der Waals surface area contributed by atoms with Crippen molar-refractivity contribution < 1.29 is 13.2 Å². The van der Waals surface area contributed by atoms with Crippen LogP contribution in [-0.4, -0.2) is 34.1 Å². The Balaban J connectivity index is 2.78. The van der Waals surface area contributed by atoms with E-state index < -0.39 is 16.1 Å². The van der Waals surface area contributed by atoms with Crippen molar-refractivity contribution in [2.24, 2.45) is 0 Å². The number of alkyl halides is 1. The lowest BCUT2D eigenvalue weighted by molar-refractivity contribution is 0.181. The van der Waals surface area contributed by atoms with Gasteiger partial charge in [0.1, 0.15) is 4.21 Å². The Morgan fingerprint density at radius 1 is 1.56 bits per heavy atom. The third kappa shape index (κ3) is 3.71. The zero-order valence-electron chi connectivity index (χ0n) is 9.07. The summed E-state index contributed by atoms with van der Waals surface area (Å²) in [6, 6.07) is 2.95. The van der Waals surface area contributed by atoms with E-state index >= 15 is 0 Å². The van der Waals surface area contributed by atoms with Gasteiger partial charge in [0.2, 0.25) is 10.0 Å². The Morgan fingerprint density at radius 2 is 2.25 bits per heavy atom. The molecule has 1 unspecified atom stereocenters. The van der Waals surface area contributed by atoms with E-state index in [0.717, 1.165) is 4.88 Å². The summed E-state index contributed by atoms with van der Waals surface area (Å²) in [5.74, 6) is 0.178. The van der Waals surface area contributed by atoms with Gasteiger partial charge in [-0.2, -0.15) is 0 Å². The number of ether oxygens (including phenoxy) is 1. The van der Waals surface area contributed by atoms with E-state index in [1.165, 1.54) is 18.4 Å².